The number of hydrogen-bond acceptors (Lipinski definition) is 5. The molecule has 5 nitrogen and oxygen atoms in total. The van der Waals surface area contributed by atoms with E-state index in [0.717, 1.165) is 5.01 Å². The standard InChI is InChI=1S/C13H15N3O2S/c1-8(14)12-15-11(7-19-12)13(18)16(2)9-3-5-10(17)6-4-9/h3-8,17H,14H2,1-2H3. The van der Waals surface area contributed by atoms with Crippen LogP contribution in [0.15, 0.2) is 29.6 Å². The molecule has 2 rings (SSSR count). The third-order valence-corrected chi connectivity index (χ3v) is 3.72. The molecule has 1 atom stereocenters. The number of benzene rings is 1. The Morgan fingerprint density at radius 2 is 2.05 bits per heavy atom. The first-order valence-electron chi connectivity index (χ1n) is 5.77. The van der Waals surface area contributed by atoms with Crippen molar-refractivity contribution in [1.82, 2.24) is 4.98 Å². The largest absolute Gasteiger partial charge is 0.508 e. The maximum Gasteiger partial charge on any atom is 0.277 e. The number of nitrogens with zero attached hydrogens (tertiary/aromatic N) is 2. The minimum absolute atomic E-state index is 0.164. The summed E-state index contributed by atoms with van der Waals surface area (Å²) in [5, 5.41) is 11.7. The van der Waals surface area contributed by atoms with Crippen LogP contribution in [0.3, 0.4) is 0 Å². The van der Waals surface area contributed by atoms with Gasteiger partial charge >= 0.3 is 0 Å². The minimum Gasteiger partial charge on any atom is -0.508 e. The fraction of sp³-hybridized carbons (Fsp3) is 0.231. The van der Waals surface area contributed by atoms with Crippen LogP contribution in [0.4, 0.5) is 5.69 Å². The Morgan fingerprint density at radius 3 is 2.58 bits per heavy atom. The van der Waals surface area contributed by atoms with Gasteiger partial charge in [-0.1, -0.05) is 0 Å². The molecule has 1 unspecified atom stereocenters. The molecule has 0 bridgehead atoms. The van der Waals surface area contributed by atoms with E-state index >= 15 is 0 Å². The number of nitrogens with two attached hydrogens (primary N) is 1. The molecule has 6 heteroatoms. The lowest BCUT2D eigenvalue weighted by atomic mass is 10.2. The Balaban J connectivity index is 2.20. The Bertz CT molecular complexity index is 578. The first kappa shape index (κ1) is 13.5. The number of phenolic OH excluding ortho intramolecular Hbond substituents is 1. The van der Waals surface area contributed by atoms with Crippen molar-refractivity contribution in [2.75, 3.05) is 11.9 Å². The van der Waals surface area contributed by atoms with Gasteiger partial charge in [-0.25, -0.2) is 4.98 Å². The molecule has 3 N–H and O–H groups in total. The molecule has 0 radical (unpaired) electrons. The summed E-state index contributed by atoms with van der Waals surface area (Å²) in [5.41, 5.74) is 6.80. The molecule has 19 heavy (non-hydrogen) atoms. The summed E-state index contributed by atoms with van der Waals surface area (Å²) in [4.78, 5) is 17.9. The van der Waals surface area contributed by atoms with Crippen LogP contribution in [0.25, 0.3) is 0 Å². The average molecular weight is 277 g/mol. The number of anilines is 1. The molecule has 0 aliphatic rings. The smallest absolute Gasteiger partial charge is 0.277 e. The van der Waals surface area contributed by atoms with Crippen LogP contribution < -0.4 is 10.6 Å². The predicted molar refractivity (Wildman–Crippen MR) is 75.6 cm³/mol. The summed E-state index contributed by atoms with van der Waals surface area (Å²) in [6, 6.07) is 6.24. The van der Waals surface area contributed by atoms with E-state index in [1.165, 1.54) is 28.4 Å². The van der Waals surface area contributed by atoms with E-state index in [9.17, 15) is 9.90 Å². The second-order valence-corrected chi connectivity index (χ2v) is 5.13. The van der Waals surface area contributed by atoms with Gasteiger partial charge in [-0.05, 0) is 31.2 Å². The first-order valence-corrected chi connectivity index (χ1v) is 6.65. The third-order valence-electron chi connectivity index (χ3n) is 2.67. The van der Waals surface area contributed by atoms with Crippen LogP contribution >= 0.6 is 11.3 Å². The topological polar surface area (TPSA) is 79.5 Å². The summed E-state index contributed by atoms with van der Waals surface area (Å²) in [6.45, 7) is 1.83. The van der Waals surface area contributed by atoms with Gasteiger partial charge in [0.1, 0.15) is 16.5 Å². The van der Waals surface area contributed by atoms with E-state index < -0.39 is 0 Å². The molecule has 1 amide bonds. The number of carbonyl (C=O) groups is 1. The van der Waals surface area contributed by atoms with Gasteiger partial charge in [0.25, 0.3) is 5.91 Å². The zero-order valence-corrected chi connectivity index (χ0v) is 11.5. The van der Waals surface area contributed by atoms with Crippen molar-refractivity contribution in [3.8, 4) is 5.75 Å². The fourth-order valence-electron chi connectivity index (χ4n) is 1.56. The molecule has 100 valence electrons. The van der Waals surface area contributed by atoms with E-state index in [4.69, 9.17) is 5.73 Å². The zero-order chi connectivity index (χ0) is 14.0. The van der Waals surface area contributed by atoms with Gasteiger partial charge in [-0.2, -0.15) is 0 Å². The van der Waals surface area contributed by atoms with Gasteiger partial charge in [0.15, 0.2) is 0 Å². The lowest BCUT2D eigenvalue weighted by Gasteiger charge is -2.15. The predicted octanol–water partition coefficient (Wildman–Crippen LogP) is 2.15. The highest BCUT2D eigenvalue weighted by atomic mass is 32.1. The summed E-state index contributed by atoms with van der Waals surface area (Å²) in [5.74, 6) is -0.0358. The number of aromatic nitrogens is 1. The van der Waals surface area contributed by atoms with E-state index in [2.05, 4.69) is 4.98 Å². The van der Waals surface area contributed by atoms with Crippen LogP contribution in [0.1, 0.15) is 28.5 Å². The van der Waals surface area contributed by atoms with Crippen molar-refractivity contribution in [1.29, 1.82) is 0 Å². The van der Waals surface area contributed by atoms with Crippen molar-refractivity contribution in [2.45, 2.75) is 13.0 Å². The van der Waals surface area contributed by atoms with Crippen molar-refractivity contribution >= 4 is 22.9 Å². The number of carbonyl (C=O) groups excluding carboxylic acids is 1. The number of phenols is 1. The Kier molecular flexibility index (Phi) is 3.82. The number of rotatable bonds is 3. The molecule has 0 aliphatic carbocycles. The lowest BCUT2D eigenvalue weighted by molar-refractivity contribution is 0.0988. The third kappa shape index (κ3) is 2.91. The van der Waals surface area contributed by atoms with Gasteiger partial charge in [-0.3, -0.25) is 4.79 Å². The highest BCUT2D eigenvalue weighted by Gasteiger charge is 2.17. The van der Waals surface area contributed by atoms with Crippen molar-refractivity contribution < 1.29 is 9.90 Å². The summed E-state index contributed by atoms with van der Waals surface area (Å²) < 4.78 is 0. The molecular weight excluding hydrogens is 262 g/mol. The van der Waals surface area contributed by atoms with Gasteiger partial charge in [0.2, 0.25) is 0 Å². The molecule has 0 aliphatic heterocycles. The van der Waals surface area contributed by atoms with Crippen molar-refractivity contribution in [3.63, 3.8) is 0 Å². The van der Waals surface area contributed by atoms with E-state index in [-0.39, 0.29) is 17.7 Å². The second kappa shape index (κ2) is 5.38. The minimum atomic E-state index is -0.200. The van der Waals surface area contributed by atoms with Crippen LogP contribution in [-0.2, 0) is 0 Å². The summed E-state index contributed by atoms with van der Waals surface area (Å²) in [7, 11) is 1.67. The normalized spacial score (nSPS) is 12.2. The molecule has 1 aromatic carbocycles. The maximum atomic E-state index is 12.2. The quantitative estimate of drug-likeness (QED) is 0.901. The summed E-state index contributed by atoms with van der Waals surface area (Å²) in [6.07, 6.45) is 0. The molecule has 1 heterocycles. The molecule has 1 aromatic heterocycles. The van der Waals surface area contributed by atoms with Crippen LogP contribution in [0.5, 0.6) is 5.75 Å². The highest BCUT2D eigenvalue weighted by molar-refractivity contribution is 7.09. The molecule has 2 aromatic rings. The number of amides is 1. The fourth-order valence-corrected chi connectivity index (χ4v) is 2.31. The van der Waals surface area contributed by atoms with Gasteiger partial charge in [-0.15, -0.1) is 11.3 Å². The molecule has 0 fully saturated rings. The van der Waals surface area contributed by atoms with Gasteiger partial charge in [0, 0.05) is 18.1 Å². The van der Waals surface area contributed by atoms with E-state index in [1.807, 2.05) is 6.92 Å². The SMILES string of the molecule is CC(N)c1nc(C(=O)N(C)c2ccc(O)cc2)cs1. The van der Waals surface area contributed by atoms with Gasteiger partial charge < -0.3 is 15.7 Å². The van der Waals surface area contributed by atoms with Crippen molar-refractivity contribution in [3.05, 3.63) is 40.3 Å². The number of aromatic hydroxyl groups is 1. The highest BCUT2D eigenvalue weighted by Crippen LogP contribution is 2.21. The first-order chi connectivity index (χ1) is 8.99. The zero-order valence-electron chi connectivity index (χ0n) is 10.7. The number of thiazole rings is 1. The molecule has 0 spiro atoms. The molecule has 0 saturated heterocycles. The maximum absolute atomic E-state index is 12.2. The Morgan fingerprint density at radius 1 is 1.42 bits per heavy atom. The van der Waals surface area contributed by atoms with Crippen LogP contribution in [0, 0.1) is 0 Å². The van der Waals surface area contributed by atoms with E-state index in [0.29, 0.717) is 11.4 Å². The second-order valence-electron chi connectivity index (χ2n) is 4.24. The van der Waals surface area contributed by atoms with Crippen LogP contribution in [0.2, 0.25) is 0 Å². The Hall–Kier alpha value is -1.92. The average Bonchev–Trinajstić information content (AvgIpc) is 2.87. The molecular formula is C13H15N3O2S. The van der Waals surface area contributed by atoms with Crippen molar-refractivity contribution in [2.24, 2.45) is 5.73 Å². The monoisotopic (exact) mass is 277 g/mol. The summed E-state index contributed by atoms with van der Waals surface area (Å²) >= 11 is 1.38. The molecule has 0 saturated carbocycles. The lowest BCUT2D eigenvalue weighted by Crippen LogP contribution is -2.26. The van der Waals surface area contributed by atoms with E-state index in [1.54, 1.807) is 24.6 Å². The Labute approximate surface area is 115 Å². The van der Waals surface area contributed by atoms with Crippen LogP contribution in [-0.4, -0.2) is 23.0 Å². The number of hydrogen-bond donors (Lipinski definition) is 2. The van der Waals surface area contributed by atoms with Gasteiger partial charge in [0.05, 0.1) is 6.04 Å².